The monoisotopic (exact) mass is 362 g/mol. The van der Waals surface area contributed by atoms with E-state index in [1.165, 1.54) is 14.0 Å². The average Bonchev–Trinajstić information content (AvgIpc) is 3.15. The molecule has 1 aromatic carbocycles. The summed E-state index contributed by atoms with van der Waals surface area (Å²) in [7, 11) is 1.38. The summed E-state index contributed by atoms with van der Waals surface area (Å²) in [6, 6.07) is 6.72. The van der Waals surface area contributed by atoms with Crippen molar-refractivity contribution in [3.8, 4) is 0 Å². The minimum Gasteiger partial charge on any atom is -0.479 e. The van der Waals surface area contributed by atoms with Gasteiger partial charge in [0, 0.05) is 25.1 Å². The van der Waals surface area contributed by atoms with Gasteiger partial charge in [0.1, 0.15) is 0 Å². The highest BCUT2D eigenvalue weighted by Crippen LogP contribution is 2.24. The van der Waals surface area contributed by atoms with Gasteiger partial charge in [-0.05, 0) is 37.5 Å². The van der Waals surface area contributed by atoms with Crippen LogP contribution in [0.4, 0.5) is 0 Å². The molecule has 0 aliphatic heterocycles. The van der Waals surface area contributed by atoms with Gasteiger partial charge < -0.3 is 20.5 Å². The van der Waals surface area contributed by atoms with Gasteiger partial charge in [-0.15, -0.1) is 0 Å². The van der Waals surface area contributed by atoms with Gasteiger partial charge in [-0.3, -0.25) is 9.59 Å². The van der Waals surface area contributed by atoms with Crippen molar-refractivity contribution in [2.24, 2.45) is 5.92 Å². The molecule has 1 atom stereocenters. The Bertz CT molecular complexity index is 652. The lowest BCUT2D eigenvalue weighted by atomic mass is 10.0. The van der Waals surface area contributed by atoms with E-state index < -0.39 is 17.4 Å². The SMILES string of the molecule is COCC(C)(NC(=O)c1ccc(CNC(=O)C2CCCC2)cc1)C(=O)O. The number of hydrogen-bond donors (Lipinski definition) is 3. The molecule has 1 unspecified atom stereocenters. The molecule has 1 saturated carbocycles. The number of methoxy groups -OCH3 is 1. The summed E-state index contributed by atoms with van der Waals surface area (Å²) in [5.74, 6) is -1.46. The van der Waals surface area contributed by atoms with Gasteiger partial charge in [0.15, 0.2) is 5.54 Å². The summed E-state index contributed by atoms with van der Waals surface area (Å²) in [4.78, 5) is 35.7. The fourth-order valence-corrected chi connectivity index (χ4v) is 3.06. The number of rotatable bonds is 8. The summed E-state index contributed by atoms with van der Waals surface area (Å²) in [6.07, 6.45) is 4.13. The number of benzene rings is 1. The predicted octanol–water partition coefficient (Wildman–Crippen LogP) is 1.71. The molecule has 3 N–H and O–H groups in total. The van der Waals surface area contributed by atoms with Crippen LogP contribution in [-0.2, 0) is 20.9 Å². The van der Waals surface area contributed by atoms with Crippen LogP contribution in [0.3, 0.4) is 0 Å². The third kappa shape index (κ3) is 5.05. The molecule has 1 aliphatic carbocycles. The van der Waals surface area contributed by atoms with Crippen LogP contribution in [0.1, 0.15) is 48.5 Å². The van der Waals surface area contributed by atoms with Crippen LogP contribution in [0.2, 0.25) is 0 Å². The molecule has 142 valence electrons. The van der Waals surface area contributed by atoms with E-state index in [-0.39, 0.29) is 18.4 Å². The van der Waals surface area contributed by atoms with E-state index in [1.807, 2.05) is 0 Å². The van der Waals surface area contributed by atoms with Crippen LogP contribution < -0.4 is 10.6 Å². The molecule has 1 aliphatic rings. The number of aliphatic carboxylic acids is 1. The highest BCUT2D eigenvalue weighted by Gasteiger charge is 2.35. The molecule has 7 nitrogen and oxygen atoms in total. The zero-order chi connectivity index (χ0) is 19.2. The molecule has 2 amide bonds. The number of carbonyl (C=O) groups excluding carboxylic acids is 2. The molecular formula is C19H26N2O5. The number of carbonyl (C=O) groups is 3. The Kier molecular flexibility index (Phi) is 6.74. The zero-order valence-corrected chi connectivity index (χ0v) is 15.2. The van der Waals surface area contributed by atoms with Gasteiger partial charge in [0.2, 0.25) is 5.91 Å². The van der Waals surface area contributed by atoms with Gasteiger partial charge in [0.05, 0.1) is 6.61 Å². The van der Waals surface area contributed by atoms with Crippen molar-refractivity contribution < 1.29 is 24.2 Å². The Morgan fingerprint density at radius 1 is 1.19 bits per heavy atom. The molecule has 0 spiro atoms. The summed E-state index contributed by atoms with van der Waals surface area (Å²) in [5, 5.41) is 14.7. The van der Waals surface area contributed by atoms with Crippen molar-refractivity contribution in [1.29, 1.82) is 0 Å². The predicted molar refractivity (Wildman–Crippen MR) is 95.6 cm³/mol. The van der Waals surface area contributed by atoms with Crippen molar-refractivity contribution in [1.82, 2.24) is 10.6 Å². The van der Waals surface area contributed by atoms with Crippen molar-refractivity contribution in [2.45, 2.75) is 44.7 Å². The van der Waals surface area contributed by atoms with Gasteiger partial charge in [0.25, 0.3) is 5.91 Å². The third-order valence-corrected chi connectivity index (χ3v) is 4.70. The Morgan fingerprint density at radius 2 is 1.81 bits per heavy atom. The minimum absolute atomic E-state index is 0.0844. The Balaban J connectivity index is 1.92. The van der Waals surface area contributed by atoms with E-state index in [0.29, 0.717) is 12.1 Å². The summed E-state index contributed by atoms with van der Waals surface area (Å²) >= 11 is 0. The molecule has 7 heteroatoms. The number of hydrogen-bond acceptors (Lipinski definition) is 4. The quantitative estimate of drug-likeness (QED) is 0.653. The first kappa shape index (κ1) is 19.9. The summed E-state index contributed by atoms with van der Waals surface area (Å²) < 4.78 is 4.88. The normalized spacial score (nSPS) is 16.7. The summed E-state index contributed by atoms with van der Waals surface area (Å²) in [5.41, 5.74) is -0.273. The van der Waals surface area contributed by atoms with Crippen molar-refractivity contribution in [3.05, 3.63) is 35.4 Å². The molecular weight excluding hydrogens is 336 g/mol. The maximum atomic E-state index is 12.3. The fraction of sp³-hybridized carbons (Fsp3) is 0.526. The largest absolute Gasteiger partial charge is 0.479 e. The van der Waals surface area contributed by atoms with E-state index in [2.05, 4.69) is 10.6 Å². The molecule has 26 heavy (non-hydrogen) atoms. The van der Waals surface area contributed by atoms with E-state index in [0.717, 1.165) is 31.2 Å². The number of amides is 2. The van der Waals surface area contributed by atoms with E-state index in [9.17, 15) is 19.5 Å². The van der Waals surface area contributed by atoms with Crippen LogP contribution >= 0.6 is 0 Å². The Hall–Kier alpha value is -2.41. The smallest absolute Gasteiger partial charge is 0.331 e. The van der Waals surface area contributed by atoms with Gasteiger partial charge in [-0.1, -0.05) is 25.0 Å². The van der Waals surface area contributed by atoms with Crippen LogP contribution in [0, 0.1) is 5.92 Å². The Labute approximate surface area is 153 Å². The number of ether oxygens (including phenoxy) is 1. The van der Waals surface area contributed by atoms with Gasteiger partial charge in [-0.2, -0.15) is 0 Å². The second-order valence-corrected chi connectivity index (χ2v) is 6.92. The number of carboxylic acids is 1. The van der Waals surface area contributed by atoms with Crippen LogP contribution in [0.15, 0.2) is 24.3 Å². The zero-order valence-electron chi connectivity index (χ0n) is 15.2. The van der Waals surface area contributed by atoms with Gasteiger partial charge >= 0.3 is 5.97 Å². The lowest BCUT2D eigenvalue weighted by Gasteiger charge is -2.25. The maximum absolute atomic E-state index is 12.3. The molecule has 2 rings (SSSR count). The maximum Gasteiger partial charge on any atom is 0.331 e. The first-order valence-corrected chi connectivity index (χ1v) is 8.77. The molecule has 1 aromatic rings. The molecule has 0 heterocycles. The number of carboxylic acid groups (broad SMARTS) is 1. The van der Waals surface area contributed by atoms with Crippen LogP contribution in [0.25, 0.3) is 0 Å². The standard InChI is InChI=1S/C19H26N2O5/c1-19(12-26-2,18(24)25)21-17(23)15-9-7-13(8-10-15)11-20-16(22)14-5-3-4-6-14/h7-10,14H,3-6,11-12H2,1-2H3,(H,20,22)(H,21,23)(H,24,25). The molecule has 0 saturated heterocycles. The van der Waals surface area contributed by atoms with Gasteiger partial charge in [-0.25, -0.2) is 4.79 Å². The van der Waals surface area contributed by atoms with Crippen LogP contribution in [-0.4, -0.2) is 42.1 Å². The first-order chi connectivity index (χ1) is 12.4. The Morgan fingerprint density at radius 3 is 2.35 bits per heavy atom. The average molecular weight is 362 g/mol. The number of nitrogens with one attached hydrogen (secondary N) is 2. The second kappa shape index (κ2) is 8.80. The lowest BCUT2D eigenvalue weighted by molar-refractivity contribution is -0.145. The van der Waals surface area contributed by atoms with E-state index in [1.54, 1.807) is 24.3 Å². The topological polar surface area (TPSA) is 105 Å². The van der Waals surface area contributed by atoms with Crippen molar-refractivity contribution in [2.75, 3.05) is 13.7 Å². The molecule has 0 aromatic heterocycles. The van der Waals surface area contributed by atoms with E-state index in [4.69, 9.17) is 4.74 Å². The van der Waals surface area contributed by atoms with Crippen LogP contribution in [0.5, 0.6) is 0 Å². The second-order valence-electron chi connectivity index (χ2n) is 6.92. The fourth-order valence-electron chi connectivity index (χ4n) is 3.06. The first-order valence-electron chi connectivity index (χ1n) is 8.77. The van der Waals surface area contributed by atoms with Crippen molar-refractivity contribution in [3.63, 3.8) is 0 Å². The molecule has 1 fully saturated rings. The minimum atomic E-state index is -1.50. The molecule has 0 bridgehead atoms. The molecule has 0 radical (unpaired) electrons. The summed E-state index contributed by atoms with van der Waals surface area (Å²) in [6.45, 7) is 1.66. The third-order valence-electron chi connectivity index (χ3n) is 4.70. The lowest BCUT2D eigenvalue weighted by Crippen LogP contribution is -2.55. The highest BCUT2D eigenvalue weighted by molar-refractivity contribution is 5.97. The van der Waals surface area contributed by atoms with E-state index >= 15 is 0 Å². The highest BCUT2D eigenvalue weighted by atomic mass is 16.5. The van der Waals surface area contributed by atoms with Crippen molar-refractivity contribution >= 4 is 17.8 Å².